The zero-order chi connectivity index (χ0) is 11.8. The van der Waals surface area contributed by atoms with E-state index in [2.05, 4.69) is 5.32 Å². The Bertz CT molecular complexity index is 307. The van der Waals surface area contributed by atoms with Gasteiger partial charge in [-0.05, 0) is 38.1 Å². The predicted octanol–water partition coefficient (Wildman–Crippen LogP) is 2.08. The van der Waals surface area contributed by atoms with Crippen LogP contribution in [-0.2, 0) is 0 Å². The summed E-state index contributed by atoms with van der Waals surface area (Å²) in [6.45, 7) is 3.77. The fourth-order valence-corrected chi connectivity index (χ4v) is 1.50. The number of nitrogens with one attached hydrogen (secondary N) is 1. The van der Waals surface area contributed by atoms with Gasteiger partial charge in [0.2, 0.25) is 0 Å². The van der Waals surface area contributed by atoms with Gasteiger partial charge in [0.25, 0.3) is 0 Å². The summed E-state index contributed by atoms with van der Waals surface area (Å²) < 4.78 is 5.67. The first-order valence-corrected chi connectivity index (χ1v) is 5.84. The lowest BCUT2D eigenvalue weighted by molar-refractivity contribution is 0.214. The quantitative estimate of drug-likeness (QED) is 0.721. The highest BCUT2D eigenvalue weighted by molar-refractivity contribution is 6.30. The standard InChI is InChI=1S/C12H18ClNO2/c1-10(9-14-6-3-7-15)16-12-5-2-4-11(13)8-12/h2,4-5,8,10,14-15H,3,6-7,9H2,1H3. The van der Waals surface area contributed by atoms with Crippen LogP contribution in [0.25, 0.3) is 0 Å². The Labute approximate surface area is 101 Å². The second-order valence-electron chi connectivity index (χ2n) is 3.67. The van der Waals surface area contributed by atoms with Crippen LogP contribution in [0.15, 0.2) is 24.3 Å². The van der Waals surface area contributed by atoms with Crippen molar-refractivity contribution in [2.45, 2.75) is 19.4 Å². The van der Waals surface area contributed by atoms with Gasteiger partial charge in [-0.25, -0.2) is 0 Å². The molecule has 0 spiro atoms. The van der Waals surface area contributed by atoms with Gasteiger partial charge < -0.3 is 15.2 Å². The second-order valence-corrected chi connectivity index (χ2v) is 4.10. The number of ether oxygens (including phenoxy) is 1. The molecule has 0 aliphatic rings. The van der Waals surface area contributed by atoms with Crippen molar-refractivity contribution in [3.63, 3.8) is 0 Å². The fraction of sp³-hybridized carbons (Fsp3) is 0.500. The van der Waals surface area contributed by atoms with Crippen molar-refractivity contribution < 1.29 is 9.84 Å². The molecular weight excluding hydrogens is 226 g/mol. The first kappa shape index (κ1) is 13.3. The van der Waals surface area contributed by atoms with Crippen LogP contribution >= 0.6 is 11.6 Å². The van der Waals surface area contributed by atoms with E-state index in [0.29, 0.717) is 5.02 Å². The summed E-state index contributed by atoms with van der Waals surface area (Å²) in [5, 5.41) is 12.5. The molecule has 0 heterocycles. The molecule has 0 aliphatic heterocycles. The van der Waals surface area contributed by atoms with Crippen LogP contribution in [-0.4, -0.2) is 30.9 Å². The minimum atomic E-state index is 0.0807. The Balaban J connectivity index is 2.25. The second kappa shape index (κ2) is 7.49. The van der Waals surface area contributed by atoms with E-state index in [9.17, 15) is 0 Å². The number of aliphatic hydroxyl groups excluding tert-OH is 1. The molecule has 0 radical (unpaired) electrons. The molecule has 4 heteroatoms. The Hall–Kier alpha value is -0.770. The van der Waals surface area contributed by atoms with E-state index in [0.717, 1.165) is 25.3 Å². The zero-order valence-electron chi connectivity index (χ0n) is 9.45. The van der Waals surface area contributed by atoms with E-state index in [4.69, 9.17) is 21.4 Å². The number of benzene rings is 1. The molecule has 0 fully saturated rings. The van der Waals surface area contributed by atoms with Crippen molar-refractivity contribution in [2.24, 2.45) is 0 Å². The smallest absolute Gasteiger partial charge is 0.121 e. The zero-order valence-corrected chi connectivity index (χ0v) is 10.2. The third-order valence-electron chi connectivity index (χ3n) is 2.08. The molecule has 1 aromatic carbocycles. The first-order valence-electron chi connectivity index (χ1n) is 5.46. The summed E-state index contributed by atoms with van der Waals surface area (Å²) in [4.78, 5) is 0. The molecule has 2 N–H and O–H groups in total. The van der Waals surface area contributed by atoms with E-state index in [-0.39, 0.29) is 12.7 Å². The molecule has 16 heavy (non-hydrogen) atoms. The number of hydrogen-bond acceptors (Lipinski definition) is 3. The maximum Gasteiger partial charge on any atom is 0.121 e. The fourth-order valence-electron chi connectivity index (χ4n) is 1.32. The lowest BCUT2D eigenvalue weighted by Crippen LogP contribution is -2.29. The maximum atomic E-state index is 8.61. The Morgan fingerprint density at radius 3 is 3.00 bits per heavy atom. The van der Waals surface area contributed by atoms with Gasteiger partial charge >= 0.3 is 0 Å². The van der Waals surface area contributed by atoms with Gasteiger partial charge in [-0.15, -0.1) is 0 Å². The van der Waals surface area contributed by atoms with Crippen LogP contribution < -0.4 is 10.1 Å². The van der Waals surface area contributed by atoms with Crippen molar-refractivity contribution in [2.75, 3.05) is 19.7 Å². The van der Waals surface area contributed by atoms with Gasteiger partial charge in [-0.2, -0.15) is 0 Å². The molecule has 1 unspecified atom stereocenters. The molecule has 90 valence electrons. The lowest BCUT2D eigenvalue weighted by atomic mass is 10.3. The molecule has 0 aromatic heterocycles. The van der Waals surface area contributed by atoms with Crippen molar-refractivity contribution in [3.8, 4) is 5.75 Å². The molecule has 1 aromatic rings. The Morgan fingerprint density at radius 2 is 2.31 bits per heavy atom. The maximum absolute atomic E-state index is 8.61. The average molecular weight is 244 g/mol. The van der Waals surface area contributed by atoms with Crippen molar-refractivity contribution in [3.05, 3.63) is 29.3 Å². The van der Waals surface area contributed by atoms with Gasteiger partial charge in [0.05, 0.1) is 0 Å². The molecular formula is C12H18ClNO2. The van der Waals surface area contributed by atoms with Crippen LogP contribution in [0.2, 0.25) is 5.02 Å². The van der Waals surface area contributed by atoms with Gasteiger partial charge in [0, 0.05) is 18.2 Å². The molecule has 0 saturated heterocycles. The number of aliphatic hydroxyl groups is 1. The van der Waals surface area contributed by atoms with Crippen LogP contribution in [0.4, 0.5) is 0 Å². The van der Waals surface area contributed by atoms with Gasteiger partial charge in [0.1, 0.15) is 11.9 Å². The van der Waals surface area contributed by atoms with Gasteiger partial charge in [-0.1, -0.05) is 17.7 Å². The average Bonchev–Trinajstić information content (AvgIpc) is 2.24. The molecule has 1 atom stereocenters. The third kappa shape index (κ3) is 5.35. The predicted molar refractivity (Wildman–Crippen MR) is 66.1 cm³/mol. The highest BCUT2D eigenvalue weighted by Crippen LogP contribution is 2.18. The molecule has 3 nitrogen and oxygen atoms in total. The summed E-state index contributed by atoms with van der Waals surface area (Å²) in [7, 11) is 0. The monoisotopic (exact) mass is 243 g/mol. The van der Waals surface area contributed by atoms with E-state index >= 15 is 0 Å². The summed E-state index contributed by atoms with van der Waals surface area (Å²) in [6, 6.07) is 7.37. The number of hydrogen-bond donors (Lipinski definition) is 2. The third-order valence-corrected chi connectivity index (χ3v) is 2.31. The number of halogens is 1. The van der Waals surface area contributed by atoms with Crippen LogP contribution in [0.5, 0.6) is 5.75 Å². The molecule has 0 aliphatic carbocycles. The van der Waals surface area contributed by atoms with E-state index in [1.807, 2.05) is 25.1 Å². The molecule has 1 rings (SSSR count). The Kier molecular flexibility index (Phi) is 6.23. The van der Waals surface area contributed by atoms with Crippen molar-refractivity contribution in [1.82, 2.24) is 5.32 Å². The van der Waals surface area contributed by atoms with Crippen LogP contribution in [0.3, 0.4) is 0 Å². The summed E-state index contributed by atoms with van der Waals surface area (Å²) >= 11 is 5.85. The lowest BCUT2D eigenvalue weighted by Gasteiger charge is -2.15. The van der Waals surface area contributed by atoms with E-state index in [1.54, 1.807) is 6.07 Å². The SMILES string of the molecule is CC(CNCCCO)Oc1cccc(Cl)c1. The van der Waals surface area contributed by atoms with E-state index in [1.165, 1.54) is 0 Å². The molecule has 0 bridgehead atoms. The summed E-state index contributed by atoms with van der Waals surface area (Å²) in [5.41, 5.74) is 0. The summed E-state index contributed by atoms with van der Waals surface area (Å²) in [6.07, 6.45) is 0.848. The van der Waals surface area contributed by atoms with Gasteiger partial charge in [0.15, 0.2) is 0 Å². The largest absolute Gasteiger partial charge is 0.489 e. The number of rotatable bonds is 7. The highest BCUT2D eigenvalue weighted by Gasteiger charge is 2.03. The van der Waals surface area contributed by atoms with Crippen LogP contribution in [0, 0.1) is 0 Å². The van der Waals surface area contributed by atoms with E-state index < -0.39 is 0 Å². The normalized spacial score (nSPS) is 12.4. The van der Waals surface area contributed by atoms with Crippen LogP contribution in [0.1, 0.15) is 13.3 Å². The minimum absolute atomic E-state index is 0.0807. The van der Waals surface area contributed by atoms with Gasteiger partial charge in [-0.3, -0.25) is 0 Å². The highest BCUT2D eigenvalue weighted by atomic mass is 35.5. The first-order chi connectivity index (χ1) is 7.72. The summed E-state index contributed by atoms with van der Waals surface area (Å²) in [5.74, 6) is 0.781. The minimum Gasteiger partial charge on any atom is -0.489 e. The topological polar surface area (TPSA) is 41.5 Å². The molecule has 0 amide bonds. The Morgan fingerprint density at radius 1 is 1.50 bits per heavy atom. The molecule has 0 saturated carbocycles. The van der Waals surface area contributed by atoms with Crippen molar-refractivity contribution in [1.29, 1.82) is 0 Å². The van der Waals surface area contributed by atoms with Crippen molar-refractivity contribution >= 4 is 11.6 Å².